The third-order valence-corrected chi connectivity index (χ3v) is 2.87. The van der Waals surface area contributed by atoms with E-state index in [0.29, 0.717) is 24.3 Å². The van der Waals surface area contributed by atoms with Crippen molar-refractivity contribution >= 4 is 5.69 Å². The maximum Gasteiger partial charge on any atom is 0.293 e. The van der Waals surface area contributed by atoms with Gasteiger partial charge in [0.15, 0.2) is 0 Å². The molecule has 6 heteroatoms. The highest BCUT2D eigenvalue weighted by Gasteiger charge is 2.21. The summed E-state index contributed by atoms with van der Waals surface area (Å²) in [6.07, 6.45) is 3.11. The minimum atomic E-state index is -0.360. The van der Waals surface area contributed by atoms with E-state index in [1.807, 2.05) is 0 Å². The van der Waals surface area contributed by atoms with Gasteiger partial charge in [0.1, 0.15) is 5.69 Å². The molecule has 6 nitrogen and oxygen atoms in total. The molecule has 0 radical (unpaired) electrons. The molecule has 1 aromatic heterocycles. The number of nitrogens with one attached hydrogen (secondary N) is 1. The summed E-state index contributed by atoms with van der Waals surface area (Å²) in [6.45, 7) is 5.17. The minimum absolute atomic E-state index is 0.0398. The van der Waals surface area contributed by atoms with Crippen LogP contribution in [0.5, 0.6) is 0 Å². The van der Waals surface area contributed by atoms with Crippen LogP contribution in [0.1, 0.15) is 24.6 Å². The van der Waals surface area contributed by atoms with Crippen molar-refractivity contribution in [2.75, 3.05) is 20.3 Å². The number of nitrogens with zero attached hydrogens (tertiary/aromatic N) is 2. The average Bonchev–Trinajstić information content (AvgIpc) is 2.35. The molecule has 1 aromatic rings. The zero-order valence-electron chi connectivity index (χ0n) is 11.7. The normalized spacial score (nSPS) is 12.4. The maximum atomic E-state index is 11.1. The van der Waals surface area contributed by atoms with Gasteiger partial charge in [0.05, 0.1) is 11.5 Å². The van der Waals surface area contributed by atoms with Gasteiger partial charge in [0.25, 0.3) is 5.69 Å². The Kier molecular flexibility index (Phi) is 6.38. The van der Waals surface area contributed by atoms with Crippen LogP contribution in [0.2, 0.25) is 0 Å². The van der Waals surface area contributed by atoms with Gasteiger partial charge in [-0.25, -0.2) is 0 Å². The lowest BCUT2D eigenvalue weighted by atomic mass is 10.1. The fourth-order valence-electron chi connectivity index (χ4n) is 1.98. The van der Waals surface area contributed by atoms with Crippen molar-refractivity contribution in [2.45, 2.75) is 32.7 Å². The quantitative estimate of drug-likeness (QED) is 0.574. The monoisotopic (exact) mass is 267 g/mol. The number of aryl methyl sites for hydroxylation is 1. The molecule has 0 saturated carbocycles. The van der Waals surface area contributed by atoms with Crippen molar-refractivity contribution < 1.29 is 9.66 Å². The van der Waals surface area contributed by atoms with Crippen LogP contribution in [-0.2, 0) is 11.2 Å². The minimum Gasteiger partial charge on any atom is -0.383 e. The van der Waals surface area contributed by atoms with Gasteiger partial charge in [-0.2, -0.15) is 0 Å². The molecule has 0 spiro atoms. The second-order valence-corrected chi connectivity index (χ2v) is 4.49. The Morgan fingerprint density at radius 3 is 2.89 bits per heavy atom. The predicted octanol–water partition coefficient (Wildman–Crippen LogP) is 1.86. The Labute approximate surface area is 113 Å². The van der Waals surface area contributed by atoms with Crippen molar-refractivity contribution in [3.05, 3.63) is 33.6 Å². The summed E-state index contributed by atoms with van der Waals surface area (Å²) in [7, 11) is 1.62. The lowest BCUT2D eigenvalue weighted by Crippen LogP contribution is -2.36. The van der Waals surface area contributed by atoms with Gasteiger partial charge in [0.2, 0.25) is 0 Å². The molecule has 0 aromatic carbocycles. The fraction of sp³-hybridized carbons (Fsp3) is 0.615. The molecule has 1 rings (SSSR count). The smallest absolute Gasteiger partial charge is 0.293 e. The predicted molar refractivity (Wildman–Crippen MR) is 73.3 cm³/mol. The SMILES string of the molecule is CCCNC(COC)Cc1nccc(C)c1[N+](=O)[O-]. The number of aromatic nitrogens is 1. The van der Waals surface area contributed by atoms with Crippen molar-refractivity contribution in [3.63, 3.8) is 0 Å². The lowest BCUT2D eigenvalue weighted by Gasteiger charge is -2.17. The first kappa shape index (κ1) is 15.5. The van der Waals surface area contributed by atoms with Gasteiger partial charge in [-0.3, -0.25) is 15.1 Å². The zero-order valence-corrected chi connectivity index (χ0v) is 11.7. The first-order valence-electron chi connectivity index (χ1n) is 6.41. The van der Waals surface area contributed by atoms with Gasteiger partial charge in [-0.05, 0) is 26.0 Å². The lowest BCUT2D eigenvalue weighted by molar-refractivity contribution is -0.386. The van der Waals surface area contributed by atoms with Crippen LogP contribution in [0.4, 0.5) is 5.69 Å². The van der Waals surface area contributed by atoms with E-state index in [1.165, 1.54) is 0 Å². The molecule has 0 bridgehead atoms. The van der Waals surface area contributed by atoms with Crippen LogP contribution in [0, 0.1) is 17.0 Å². The fourth-order valence-corrected chi connectivity index (χ4v) is 1.98. The molecular weight excluding hydrogens is 246 g/mol. The molecule has 0 saturated heterocycles. The molecule has 1 atom stereocenters. The van der Waals surface area contributed by atoms with Crippen molar-refractivity contribution in [2.24, 2.45) is 0 Å². The van der Waals surface area contributed by atoms with E-state index < -0.39 is 0 Å². The summed E-state index contributed by atoms with van der Waals surface area (Å²) in [5, 5.41) is 14.4. The highest BCUT2D eigenvalue weighted by Crippen LogP contribution is 2.22. The third kappa shape index (κ3) is 4.57. The van der Waals surface area contributed by atoms with Gasteiger partial charge in [-0.1, -0.05) is 6.92 Å². The highest BCUT2D eigenvalue weighted by molar-refractivity contribution is 5.43. The third-order valence-electron chi connectivity index (χ3n) is 2.87. The number of hydrogen-bond donors (Lipinski definition) is 1. The Morgan fingerprint density at radius 2 is 2.32 bits per heavy atom. The molecule has 19 heavy (non-hydrogen) atoms. The summed E-state index contributed by atoms with van der Waals surface area (Å²) < 4.78 is 5.14. The maximum absolute atomic E-state index is 11.1. The topological polar surface area (TPSA) is 77.3 Å². The van der Waals surface area contributed by atoms with Gasteiger partial charge >= 0.3 is 0 Å². The molecule has 0 fully saturated rings. The van der Waals surface area contributed by atoms with Crippen LogP contribution in [0.3, 0.4) is 0 Å². The first-order valence-corrected chi connectivity index (χ1v) is 6.41. The summed E-state index contributed by atoms with van der Waals surface area (Å²) in [5.41, 5.74) is 1.26. The van der Waals surface area contributed by atoms with E-state index in [1.54, 1.807) is 26.3 Å². The second kappa shape index (κ2) is 7.81. The zero-order chi connectivity index (χ0) is 14.3. The molecule has 106 valence electrons. The Bertz CT molecular complexity index is 424. The van der Waals surface area contributed by atoms with E-state index in [4.69, 9.17) is 4.74 Å². The highest BCUT2D eigenvalue weighted by atomic mass is 16.6. The Morgan fingerprint density at radius 1 is 1.58 bits per heavy atom. The molecule has 1 heterocycles. The Balaban J connectivity index is 2.89. The van der Waals surface area contributed by atoms with Gasteiger partial charge < -0.3 is 10.1 Å². The number of hydrogen-bond acceptors (Lipinski definition) is 5. The van der Waals surface area contributed by atoms with E-state index in [-0.39, 0.29) is 16.7 Å². The largest absolute Gasteiger partial charge is 0.383 e. The van der Waals surface area contributed by atoms with E-state index >= 15 is 0 Å². The van der Waals surface area contributed by atoms with Crippen LogP contribution in [0.25, 0.3) is 0 Å². The molecular formula is C13H21N3O3. The van der Waals surface area contributed by atoms with Crippen LogP contribution < -0.4 is 5.32 Å². The molecule has 0 aliphatic carbocycles. The standard InChI is InChI=1S/C13H21N3O3/c1-4-6-14-11(9-19-3)8-12-13(16(17)18)10(2)5-7-15-12/h5,7,11,14H,4,6,8-9H2,1-3H3. The van der Waals surface area contributed by atoms with Crippen LogP contribution in [-0.4, -0.2) is 36.2 Å². The molecule has 0 aliphatic rings. The second-order valence-electron chi connectivity index (χ2n) is 4.49. The van der Waals surface area contributed by atoms with Crippen molar-refractivity contribution in [1.29, 1.82) is 0 Å². The summed E-state index contributed by atoms with van der Waals surface area (Å²) >= 11 is 0. The molecule has 1 unspecified atom stereocenters. The summed E-state index contributed by atoms with van der Waals surface area (Å²) in [4.78, 5) is 14.9. The number of pyridine rings is 1. The summed E-state index contributed by atoms with van der Waals surface area (Å²) in [6, 6.07) is 1.70. The number of rotatable bonds is 8. The number of ether oxygens (including phenoxy) is 1. The Hall–Kier alpha value is -1.53. The summed E-state index contributed by atoms with van der Waals surface area (Å²) in [5.74, 6) is 0. The first-order chi connectivity index (χ1) is 9.10. The van der Waals surface area contributed by atoms with Crippen LogP contribution in [0.15, 0.2) is 12.3 Å². The molecule has 0 amide bonds. The van der Waals surface area contributed by atoms with Crippen molar-refractivity contribution in [3.8, 4) is 0 Å². The van der Waals surface area contributed by atoms with Gasteiger partial charge in [0, 0.05) is 31.3 Å². The van der Waals surface area contributed by atoms with Crippen LogP contribution >= 0.6 is 0 Å². The molecule has 1 N–H and O–H groups in total. The molecule has 0 aliphatic heterocycles. The number of nitro groups is 1. The van der Waals surface area contributed by atoms with E-state index in [9.17, 15) is 10.1 Å². The van der Waals surface area contributed by atoms with Crippen molar-refractivity contribution in [1.82, 2.24) is 10.3 Å². The number of methoxy groups -OCH3 is 1. The van der Waals surface area contributed by atoms with E-state index in [2.05, 4.69) is 17.2 Å². The van der Waals surface area contributed by atoms with E-state index in [0.717, 1.165) is 13.0 Å². The van der Waals surface area contributed by atoms with Gasteiger partial charge in [-0.15, -0.1) is 0 Å². The average molecular weight is 267 g/mol.